The Morgan fingerprint density at radius 3 is 2.82 bits per heavy atom. The van der Waals surface area contributed by atoms with Crippen molar-refractivity contribution in [1.29, 1.82) is 0 Å². The number of primary amides is 1. The van der Waals surface area contributed by atoms with Gasteiger partial charge in [0.05, 0.1) is 17.7 Å². The van der Waals surface area contributed by atoms with Crippen LogP contribution < -0.4 is 11.1 Å². The summed E-state index contributed by atoms with van der Waals surface area (Å²) in [4.78, 5) is 15.4. The number of carbonyl (C=O) groups is 1. The molecule has 0 atom stereocenters. The van der Waals surface area contributed by atoms with Crippen LogP contribution >= 0.6 is 0 Å². The molecule has 1 amide bonds. The molecule has 0 radical (unpaired) electrons. The van der Waals surface area contributed by atoms with E-state index in [4.69, 9.17) is 5.73 Å². The van der Waals surface area contributed by atoms with Crippen LogP contribution in [0, 0.1) is 0 Å². The van der Waals surface area contributed by atoms with Crippen LogP contribution in [0.4, 0.5) is 5.82 Å². The van der Waals surface area contributed by atoms with Crippen LogP contribution in [-0.4, -0.2) is 28.1 Å². The second-order valence-electron chi connectivity index (χ2n) is 4.53. The molecule has 0 spiro atoms. The maximum absolute atomic E-state index is 11.3. The maximum atomic E-state index is 11.3. The Kier molecular flexibility index (Phi) is 3.28. The zero-order valence-corrected chi connectivity index (χ0v) is 9.65. The molecule has 2 rings (SSSR count). The van der Waals surface area contributed by atoms with Gasteiger partial charge in [0.15, 0.2) is 0 Å². The summed E-state index contributed by atoms with van der Waals surface area (Å²) in [5.74, 6) is -0.0392. The van der Waals surface area contributed by atoms with E-state index in [2.05, 4.69) is 10.3 Å². The van der Waals surface area contributed by atoms with Crippen LogP contribution in [0.3, 0.4) is 0 Å². The van der Waals surface area contributed by atoms with Crippen LogP contribution in [0.2, 0.25) is 0 Å². The van der Waals surface area contributed by atoms with Crippen LogP contribution in [0.1, 0.15) is 36.0 Å². The fourth-order valence-electron chi connectivity index (χ4n) is 2.33. The van der Waals surface area contributed by atoms with E-state index in [-0.39, 0.29) is 12.1 Å². The third-order valence-corrected chi connectivity index (χ3v) is 3.32. The molecule has 0 saturated heterocycles. The van der Waals surface area contributed by atoms with E-state index >= 15 is 0 Å². The molecule has 5 heteroatoms. The first kappa shape index (κ1) is 11.9. The van der Waals surface area contributed by atoms with E-state index in [0.29, 0.717) is 11.4 Å². The van der Waals surface area contributed by atoms with Gasteiger partial charge < -0.3 is 16.2 Å². The Balaban J connectivity index is 2.26. The fourth-order valence-corrected chi connectivity index (χ4v) is 2.33. The predicted octanol–water partition coefficient (Wildman–Crippen LogP) is 0.897. The highest BCUT2D eigenvalue weighted by Gasteiger charge is 2.34. The maximum Gasteiger partial charge on any atom is 0.252 e. The Labute approximate surface area is 100 Å². The SMILES string of the molecule is NC(=O)c1cccnc1NC1(CO)CCCC1. The Morgan fingerprint density at radius 2 is 2.24 bits per heavy atom. The summed E-state index contributed by atoms with van der Waals surface area (Å²) in [6.45, 7) is 0.0434. The number of rotatable bonds is 4. The standard InChI is InChI=1S/C12H17N3O2/c13-10(17)9-4-3-7-14-11(9)15-12(8-16)5-1-2-6-12/h3-4,7,16H,1-2,5-6,8H2,(H2,13,17)(H,14,15). The number of hydrogen-bond acceptors (Lipinski definition) is 4. The van der Waals surface area contributed by atoms with Crippen molar-refractivity contribution in [3.05, 3.63) is 23.9 Å². The number of nitrogens with zero attached hydrogens (tertiary/aromatic N) is 1. The van der Waals surface area contributed by atoms with Crippen LogP contribution in [-0.2, 0) is 0 Å². The fraction of sp³-hybridized carbons (Fsp3) is 0.500. The normalized spacial score (nSPS) is 17.9. The molecule has 17 heavy (non-hydrogen) atoms. The highest BCUT2D eigenvalue weighted by atomic mass is 16.3. The number of hydrogen-bond donors (Lipinski definition) is 3. The topological polar surface area (TPSA) is 88.2 Å². The molecule has 4 N–H and O–H groups in total. The van der Waals surface area contributed by atoms with Crippen molar-refractivity contribution < 1.29 is 9.90 Å². The van der Waals surface area contributed by atoms with Gasteiger partial charge in [-0.2, -0.15) is 0 Å². The number of amides is 1. The lowest BCUT2D eigenvalue weighted by atomic mass is 9.98. The molecule has 5 nitrogen and oxygen atoms in total. The third kappa shape index (κ3) is 2.39. The number of pyridine rings is 1. The van der Waals surface area contributed by atoms with Gasteiger partial charge in [-0.1, -0.05) is 12.8 Å². The predicted molar refractivity (Wildman–Crippen MR) is 64.7 cm³/mol. The second kappa shape index (κ2) is 4.71. The number of nitrogens with two attached hydrogens (primary N) is 1. The van der Waals surface area contributed by atoms with Gasteiger partial charge >= 0.3 is 0 Å². The average molecular weight is 235 g/mol. The number of aliphatic hydroxyl groups is 1. The van der Waals surface area contributed by atoms with Crippen molar-refractivity contribution >= 4 is 11.7 Å². The molecule has 1 heterocycles. The lowest BCUT2D eigenvalue weighted by Gasteiger charge is -2.29. The van der Waals surface area contributed by atoms with Crippen LogP contribution in [0.25, 0.3) is 0 Å². The van der Waals surface area contributed by atoms with Gasteiger partial charge in [-0.25, -0.2) is 4.98 Å². The molecular formula is C12H17N3O2. The Bertz CT molecular complexity index is 414. The van der Waals surface area contributed by atoms with Gasteiger partial charge in [-0.15, -0.1) is 0 Å². The number of aromatic nitrogens is 1. The van der Waals surface area contributed by atoms with Crippen molar-refractivity contribution in [2.45, 2.75) is 31.2 Å². The molecule has 1 fully saturated rings. The van der Waals surface area contributed by atoms with E-state index < -0.39 is 5.91 Å². The number of anilines is 1. The van der Waals surface area contributed by atoms with Crippen molar-refractivity contribution in [2.75, 3.05) is 11.9 Å². The summed E-state index contributed by atoms with van der Waals surface area (Å²) in [6.07, 6.45) is 5.53. The van der Waals surface area contributed by atoms with E-state index in [0.717, 1.165) is 25.7 Å². The molecule has 0 aromatic carbocycles. The lowest BCUT2D eigenvalue weighted by Crippen LogP contribution is -2.40. The minimum Gasteiger partial charge on any atom is -0.394 e. The smallest absolute Gasteiger partial charge is 0.252 e. The van der Waals surface area contributed by atoms with Crippen molar-refractivity contribution in [3.63, 3.8) is 0 Å². The molecule has 1 aliphatic rings. The Morgan fingerprint density at radius 1 is 1.53 bits per heavy atom. The molecule has 1 aromatic rings. The summed E-state index contributed by atoms with van der Waals surface area (Å²) in [5.41, 5.74) is 5.31. The van der Waals surface area contributed by atoms with Crippen LogP contribution in [0.15, 0.2) is 18.3 Å². The molecular weight excluding hydrogens is 218 g/mol. The van der Waals surface area contributed by atoms with Crippen molar-refractivity contribution in [1.82, 2.24) is 4.98 Å². The van der Waals surface area contributed by atoms with Crippen LogP contribution in [0.5, 0.6) is 0 Å². The summed E-state index contributed by atoms with van der Waals surface area (Å²) < 4.78 is 0. The van der Waals surface area contributed by atoms with E-state index in [9.17, 15) is 9.90 Å². The van der Waals surface area contributed by atoms with E-state index in [1.54, 1.807) is 18.3 Å². The summed E-state index contributed by atoms with van der Waals surface area (Å²) in [5, 5.41) is 12.7. The van der Waals surface area contributed by atoms with Gasteiger partial charge in [-0.3, -0.25) is 4.79 Å². The first-order chi connectivity index (χ1) is 8.17. The van der Waals surface area contributed by atoms with Crippen molar-refractivity contribution in [3.8, 4) is 0 Å². The van der Waals surface area contributed by atoms with E-state index in [1.807, 2.05) is 0 Å². The van der Waals surface area contributed by atoms with Gasteiger partial charge in [0.2, 0.25) is 0 Å². The van der Waals surface area contributed by atoms with E-state index in [1.165, 1.54) is 0 Å². The quantitative estimate of drug-likeness (QED) is 0.723. The summed E-state index contributed by atoms with van der Waals surface area (Å²) >= 11 is 0. The van der Waals surface area contributed by atoms with Gasteiger partial charge in [-0.05, 0) is 25.0 Å². The minimum absolute atomic E-state index is 0.0434. The van der Waals surface area contributed by atoms with Gasteiger partial charge in [0, 0.05) is 6.20 Å². The second-order valence-corrected chi connectivity index (χ2v) is 4.53. The largest absolute Gasteiger partial charge is 0.394 e. The highest BCUT2D eigenvalue weighted by molar-refractivity contribution is 5.97. The number of carbonyl (C=O) groups excluding carboxylic acids is 1. The average Bonchev–Trinajstić information content (AvgIpc) is 2.79. The molecule has 0 bridgehead atoms. The first-order valence-electron chi connectivity index (χ1n) is 5.81. The summed E-state index contributed by atoms with van der Waals surface area (Å²) in [6, 6.07) is 3.31. The van der Waals surface area contributed by atoms with Crippen molar-refractivity contribution in [2.24, 2.45) is 5.73 Å². The molecule has 0 unspecified atom stereocenters. The molecule has 1 saturated carbocycles. The molecule has 1 aliphatic carbocycles. The third-order valence-electron chi connectivity index (χ3n) is 3.32. The highest BCUT2D eigenvalue weighted by Crippen LogP contribution is 2.32. The zero-order chi connectivity index (χ0) is 12.3. The van der Waals surface area contributed by atoms with Gasteiger partial charge in [0.25, 0.3) is 5.91 Å². The number of aliphatic hydroxyl groups excluding tert-OH is 1. The molecule has 92 valence electrons. The molecule has 1 aromatic heterocycles. The number of nitrogens with one attached hydrogen (secondary N) is 1. The minimum atomic E-state index is -0.508. The summed E-state index contributed by atoms with van der Waals surface area (Å²) in [7, 11) is 0. The van der Waals surface area contributed by atoms with Gasteiger partial charge in [0.1, 0.15) is 5.82 Å². The zero-order valence-electron chi connectivity index (χ0n) is 9.65. The molecule has 0 aliphatic heterocycles. The first-order valence-corrected chi connectivity index (χ1v) is 5.81. The Hall–Kier alpha value is -1.62. The lowest BCUT2D eigenvalue weighted by molar-refractivity contribution is 0.100. The monoisotopic (exact) mass is 235 g/mol.